The monoisotopic (exact) mass is 469 g/mol. The number of hydrogen-bond donors (Lipinski definition) is 3. The minimum atomic E-state index is -0.695. The van der Waals surface area contributed by atoms with Gasteiger partial charge in [-0.2, -0.15) is 0 Å². The first-order chi connectivity index (χ1) is 16.1. The number of hydrogen-bond acceptors (Lipinski definition) is 5. The number of carbonyl (C=O) groups is 2. The van der Waals surface area contributed by atoms with Crippen molar-refractivity contribution in [3.05, 3.63) is 50.7 Å². The van der Waals surface area contributed by atoms with Gasteiger partial charge in [-0.3, -0.25) is 23.9 Å². The van der Waals surface area contributed by atoms with Crippen molar-refractivity contribution in [2.24, 2.45) is 17.8 Å². The van der Waals surface area contributed by atoms with E-state index in [4.69, 9.17) is 5.73 Å². The van der Waals surface area contributed by atoms with Crippen LogP contribution < -0.4 is 27.2 Å². The molecule has 1 aromatic heterocycles. The Balaban J connectivity index is 1.98. The van der Waals surface area contributed by atoms with E-state index in [2.05, 4.69) is 10.3 Å². The Morgan fingerprint density at radius 2 is 2.00 bits per heavy atom. The molecule has 9 heteroatoms. The molecule has 1 aliphatic rings. The third kappa shape index (κ3) is 5.76. The third-order valence-corrected chi connectivity index (χ3v) is 6.22. The fourth-order valence-electron chi connectivity index (χ4n) is 3.89. The molecular weight excluding hydrogens is 434 g/mol. The number of nitrogen functional groups attached to an aromatic ring is 1. The van der Waals surface area contributed by atoms with Gasteiger partial charge in [-0.25, -0.2) is 4.79 Å². The van der Waals surface area contributed by atoms with Crippen LogP contribution in [-0.2, 0) is 11.3 Å². The zero-order valence-electron chi connectivity index (χ0n) is 20.4. The molecule has 184 valence electrons. The second-order valence-corrected chi connectivity index (χ2v) is 9.53. The van der Waals surface area contributed by atoms with Gasteiger partial charge in [0.2, 0.25) is 5.91 Å². The molecule has 2 unspecified atom stereocenters. The third-order valence-electron chi connectivity index (χ3n) is 6.22. The Bertz CT molecular complexity index is 1170. The van der Waals surface area contributed by atoms with Crippen molar-refractivity contribution in [1.29, 1.82) is 0 Å². The van der Waals surface area contributed by atoms with Gasteiger partial charge < -0.3 is 16.0 Å². The summed E-state index contributed by atoms with van der Waals surface area (Å²) < 4.78 is 1.31. The smallest absolute Gasteiger partial charge is 0.330 e. The van der Waals surface area contributed by atoms with Crippen LogP contribution in [-0.4, -0.2) is 27.9 Å². The number of carbonyl (C=O) groups excluding carboxylic acids is 2. The summed E-state index contributed by atoms with van der Waals surface area (Å²) in [6.07, 6.45) is 3.04. The summed E-state index contributed by atoms with van der Waals surface area (Å²) in [7, 11) is 0. The second kappa shape index (κ2) is 10.7. The minimum absolute atomic E-state index is 0.00410. The average molecular weight is 470 g/mol. The van der Waals surface area contributed by atoms with Crippen molar-refractivity contribution in [1.82, 2.24) is 9.55 Å². The van der Waals surface area contributed by atoms with Crippen LogP contribution in [0, 0.1) is 17.8 Å². The normalized spacial score (nSPS) is 17.0. The standard InChI is InChI=1S/C25H35N5O4/c1-5-6-11-30-21(26)20(23(32)28-25(30)34)29(12-10-15(2)3)24(33)17-8-7-9-18(14-17)27-22(31)19-13-16(19)4/h7-9,14-16,19H,5-6,10-13,26H2,1-4H3,(H,27,31)(H,28,32,34). The van der Waals surface area contributed by atoms with E-state index in [1.807, 2.05) is 27.7 Å². The number of aromatic nitrogens is 2. The first kappa shape index (κ1) is 25.3. The number of rotatable bonds is 10. The highest BCUT2D eigenvalue weighted by Gasteiger charge is 2.39. The summed E-state index contributed by atoms with van der Waals surface area (Å²) in [5, 5.41) is 2.87. The highest BCUT2D eigenvalue weighted by atomic mass is 16.2. The van der Waals surface area contributed by atoms with Crippen LogP contribution in [0.15, 0.2) is 33.9 Å². The van der Waals surface area contributed by atoms with Crippen molar-refractivity contribution in [3.63, 3.8) is 0 Å². The van der Waals surface area contributed by atoms with Gasteiger partial charge in [0.15, 0.2) is 5.69 Å². The lowest BCUT2D eigenvalue weighted by atomic mass is 10.1. The van der Waals surface area contributed by atoms with Crippen molar-refractivity contribution < 1.29 is 9.59 Å². The number of H-pyrrole nitrogens is 1. The van der Waals surface area contributed by atoms with Gasteiger partial charge in [0, 0.05) is 30.3 Å². The van der Waals surface area contributed by atoms with E-state index < -0.39 is 17.2 Å². The van der Waals surface area contributed by atoms with Crippen LogP contribution >= 0.6 is 0 Å². The first-order valence-electron chi connectivity index (χ1n) is 12.0. The van der Waals surface area contributed by atoms with E-state index in [9.17, 15) is 19.2 Å². The number of anilines is 3. The van der Waals surface area contributed by atoms with Crippen LogP contribution in [0.3, 0.4) is 0 Å². The summed E-state index contributed by atoms with van der Waals surface area (Å²) in [6, 6.07) is 6.66. The Kier molecular flexibility index (Phi) is 7.96. The molecule has 0 bridgehead atoms. The lowest BCUT2D eigenvalue weighted by molar-refractivity contribution is -0.117. The predicted molar refractivity (Wildman–Crippen MR) is 134 cm³/mol. The second-order valence-electron chi connectivity index (χ2n) is 9.53. The molecule has 3 rings (SSSR count). The van der Waals surface area contributed by atoms with Gasteiger partial charge in [0.05, 0.1) is 0 Å². The average Bonchev–Trinajstić information content (AvgIpc) is 3.52. The maximum Gasteiger partial charge on any atom is 0.330 e. The summed E-state index contributed by atoms with van der Waals surface area (Å²) in [5.41, 5.74) is 5.82. The predicted octanol–water partition coefficient (Wildman–Crippen LogP) is 3.21. The van der Waals surface area contributed by atoms with E-state index in [0.29, 0.717) is 36.6 Å². The molecule has 0 aliphatic heterocycles. The fraction of sp³-hybridized carbons (Fsp3) is 0.520. The van der Waals surface area contributed by atoms with Crippen molar-refractivity contribution in [2.75, 3.05) is 22.5 Å². The Morgan fingerprint density at radius 3 is 2.62 bits per heavy atom. The van der Waals surface area contributed by atoms with Crippen LogP contribution in [0.2, 0.25) is 0 Å². The van der Waals surface area contributed by atoms with Crippen molar-refractivity contribution in [2.45, 2.75) is 59.9 Å². The minimum Gasteiger partial charge on any atom is -0.383 e. The summed E-state index contributed by atoms with van der Waals surface area (Å²) in [6.45, 7) is 8.66. The van der Waals surface area contributed by atoms with Crippen molar-refractivity contribution in [3.8, 4) is 0 Å². The Morgan fingerprint density at radius 1 is 1.29 bits per heavy atom. The summed E-state index contributed by atoms with van der Waals surface area (Å²) in [5.74, 6) is 0.144. The molecule has 0 spiro atoms. The molecule has 1 aromatic carbocycles. The molecule has 1 fully saturated rings. The molecule has 2 atom stereocenters. The van der Waals surface area contributed by atoms with E-state index >= 15 is 0 Å². The maximum atomic E-state index is 13.6. The van der Waals surface area contributed by atoms with Gasteiger partial charge in [-0.15, -0.1) is 0 Å². The summed E-state index contributed by atoms with van der Waals surface area (Å²) in [4.78, 5) is 54.8. The molecule has 1 saturated carbocycles. The molecular formula is C25H35N5O4. The zero-order valence-corrected chi connectivity index (χ0v) is 20.4. The number of amides is 2. The van der Waals surface area contributed by atoms with Crippen LogP contribution in [0.25, 0.3) is 0 Å². The van der Waals surface area contributed by atoms with Crippen LogP contribution in [0.4, 0.5) is 17.2 Å². The molecule has 9 nitrogen and oxygen atoms in total. The first-order valence-corrected chi connectivity index (χ1v) is 12.0. The largest absolute Gasteiger partial charge is 0.383 e. The van der Waals surface area contributed by atoms with E-state index in [1.165, 1.54) is 9.47 Å². The van der Waals surface area contributed by atoms with Gasteiger partial charge in [0.25, 0.3) is 11.5 Å². The molecule has 2 amide bonds. The van der Waals surface area contributed by atoms with Gasteiger partial charge in [-0.1, -0.05) is 40.2 Å². The quantitative estimate of drug-likeness (QED) is 0.492. The lowest BCUT2D eigenvalue weighted by Gasteiger charge is -2.25. The molecule has 34 heavy (non-hydrogen) atoms. The highest BCUT2D eigenvalue weighted by Crippen LogP contribution is 2.38. The molecule has 1 heterocycles. The van der Waals surface area contributed by atoms with Gasteiger partial charge in [-0.05, 0) is 49.3 Å². The molecule has 1 aliphatic carbocycles. The van der Waals surface area contributed by atoms with Crippen molar-refractivity contribution >= 4 is 29.0 Å². The number of unbranched alkanes of at least 4 members (excludes halogenated alkanes) is 1. The van der Waals surface area contributed by atoms with Crippen LogP contribution in [0.5, 0.6) is 0 Å². The van der Waals surface area contributed by atoms with E-state index in [1.54, 1.807) is 24.3 Å². The zero-order chi connectivity index (χ0) is 25.0. The van der Waals surface area contributed by atoms with E-state index in [0.717, 1.165) is 12.8 Å². The Hall–Kier alpha value is -3.36. The topological polar surface area (TPSA) is 130 Å². The maximum absolute atomic E-state index is 13.6. The molecule has 0 saturated heterocycles. The molecule has 4 N–H and O–H groups in total. The number of nitrogens with one attached hydrogen (secondary N) is 2. The molecule has 0 radical (unpaired) electrons. The molecule has 2 aromatic rings. The fourth-order valence-corrected chi connectivity index (χ4v) is 3.89. The van der Waals surface area contributed by atoms with Gasteiger partial charge >= 0.3 is 5.69 Å². The highest BCUT2D eigenvalue weighted by molar-refractivity contribution is 6.08. The van der Waals surface area contributed by atoms with Crippen LogP contribution in [0.1, 0.15) is 63.7 Å². The SMILES string of the molecule is CCCCn1c(N)c(N(CCC(C)C)C(=O)c2cccc(NC(=O)C3CC3C)c2)c(=O)[nH]c1=O. The number of benzene rings is 1. The number of nitrogens with two attached hydrogens (primary N) is 1. The lowest BCUT2D eigenvalue weighted by Crippen LogP contribution is -2.42. The Labute approximate surface area is 199 Å². The number of aromatic amines is 1. The van der Waals surface area contributed by atoms with Gasteiger partial charge in [0.1, 0.15) is 5.82 Å². The number of nitrogens with zero attached hydrogens (tertiary/aromatic N) is 2. The summed E-state index contributed by atoms with van der Waals surface area (Å²) >= 11 is 0. The van der Waals surface area contributed by atoms with E-state index in [-0.39, 0.29) is 35.8 Å².